The lowest BCUT2D eigenvalue weighted by atomic mass is 9.69. The van der Waals surface area contributed by atoms with Crippen molar-refractivity contribution in [1.29, 1.82) is 0 Å². The maximum atomic E-state index is 14.0. The van der Waals surface area contributed by atoms with Crippen LogP contribution in [0.4, 0.5) is 32.0 Å². The van der Waals surface area contributed by atoms with E-state index in [0.29, 0.717) is 10.5 Å². The molecule has 2 amide bonds. The van der Waals surface area contributed by atoms with Crippen molar-refractivity contribution < 1.29 is 40.7 Å². The first-order valence-electron chi connectivity index (χ1n) is 10.5. The molecule has 0 aromatic heterocycles. The quantitative estimate of drug-likeness (QED) is 0.401. The topological polar surface area (TPSA) is 49.9 Å². The number of halogens is 8. The second kappa shape index (κ2) is 8.17. The Labute approximate surface area is 211 Å². The van der Waals surface area contributed by atoms with E-state index >= 15 is 0 Å². The fraction of sp³-hybridized carbons (Fsp3) is 0.391. The number of ether oxygens (including phenoxy) is 1. The minimum atomic E-state index is -5.38. The molecule has 0 saturated carbocycles. The second-order valence-electron chi connectivity index (χ2n) is 9.62. The van der Waals surface area contributed by atoms with Crippen molar-refractivity contribution in [2.24, 2.45) is 5.41 Å². The zero-order chi connectivity index (χ0) is 27.0. The van der Waals surface area contributed by atoms with E-state index in [-0.39, 0.29) is 27.7 Å². The van der Waals surface area contributed by atoms with Crippen LogP contribution in [0.5, 0.6) is 5.75 Å². The Hall–Kier alpha value is -2.66. The van der Waals surface area contributed by atoms with Gasteiger partial charge < -0.3 is 4.74 Å². The standard InChI is InChI=1S/C23H18Cl2F6N2O3/c1-20(2,3)17-32(14-7-12(24)6-13(25)8-14)18(34)21(33(17)19(35)22(26,27)28)10-11-4-5-15(9-16(11)21)36-23(29,30)31/h4-9,17H,10H2,1-3H3/t17-,21+/m1/s1. The summed E-state index contributed by atoms with van der Waals surface area (Å²) in [5.41, 5.74) is -3.22. The van der Waals surface area contributed by atoms with E-state index in [2.05, 4.69) is 4.74 Å². The van der Waals surface area contributed by atoms with Crippen molar-refractivity contribution in [3.8, 4) is 5.75 Å². The first-order chi connectivity index (χ1) is 16.4. The minimum Gasteiger partial charge on any atom is -0.406 e. The molecule has 2 aliphatic rings. The molecule has 0 radical (unpaired) electrons. The zero-order valence-electron chi connectivity index (χ0n) is 18.9. The third-order valence-corrected chi connectivity index (χ3v) is 6.48. The molecule has 2 atom stereocenters. The van der Waals surface area contributed by atoms with Crippen LogP contribution in [0.2, 0.25) is 10.0 Å². The molecular formula is C23H18Cl2F6N2O3. The molecule has 13 heteroatoms. The first kappa shape index (κ1) is 26.4. The highest BCUT2D eigenvalue weighted by Gasteiger charge is 2.70. The van der Waals surface area contributed by atoms with E-state index in [1.807, 2.05) is 0 Å². The minimum absolute atomic E-state index is 0.0328. The predicted octanol–water partition coefficient (Wildman–Crippen LogP) is 6.45. The number of hydrogen-bond donors (Lipinski definition) is 0. The van der Waals surface area contributed by atoms with Gasteiger partial charge in [0.15, 0.2) is 5.54 Å². The molecule has 194 valence electrons. The summed E-state index contributed by atoms with van der Waals surface area (Å²) in [6.45, 7) is 4.59. The molecule has 1 aliphatic heterocycles. The number of amides is 2. The monoisotopic (exact) mass is 554 g/mol. The number of alkyl halides is 6. The van der Waals surface area contributed by atoms with Gasteiger partial charge in [0.1, 0.15) is 11.9 Å². The molecule has 1 saturated heterocycles. The number of fused-ring (bicyclic) bond motifs is 2. The molecule has 0 N–H and O–H groups in total. The molecule has 5 nitrogen and oxygen atoms in total. The molecule has 4 rings (SSSR count). The van der Waals surface area contributed by atoms with Crippen molar-refractivity contribution in [2.45, 2.75) is 51.4 Å². The van der Waals surface area contributed by atoms with Crippen molar-refractivity contribution >= 4 is 40.7 Å². The Balaban J connectivity index is 1.98. The Morgan fingerprint density at radius 2 is 1.58 bits per heavy atom. The molecule has 1 heterocycles. The molecule has 1 aliphatic carbocycles. The van der Waals surface area contributed by atoms with Crippen LogP contribution < -0.4 is 9.64 Å². The Morgan fingerprint density at radius 3 is 2.08 bits per heavy atom. The van der Waals surface area contributed by atoms with Gasteiger partial charge in [-0.15, -0.1) is 13.2 Å². The summed E-state index contributed by atoms with van der Waals surface area (Å²) in [6, 6.07) is 7.02. The van der Waals surface area contributed by atoms with Gasteiger partial charge in [-0.1, -0.05) is 50.0 Å². The number of rotatable bonds is 2. The Bertz CT molecular complexity index is 1240. The van der Waals surface area contributed by atoms with E-state index in [9.17, 15) is 35.9 Å². The van der Waals surface area contributed by atoms with Crippen LogP contribution in [0.1, 0.15) is 31.9 Å². The van der Waals surface area contributed by atoms with Gasteiger partial charge >= 0.3 is 18.4 Å². The lowest BCUT2D eigenvalue weighted by Gasteiger charge is -2.48. The fourth-order valence-corrected chi connectivity index (χ4v) is 5.35. The van der Waals surface area contributed by atoms with Crippen molar-refractivity contribution in [2.75, 3.05) is 4.90 Å². The summed E-state index contributed by atoms with van der Waals surface area (Å²) in [7, 11) is 0. The summed E-state index contributed by atoms with van der Waals surface area (Å²) < 4.78 is 84.1. The SMILES string of the molecule is CC(C)(C)[C@@H]1N(c2cc(Cl)cc(Cl)c2)C(=O)[C@@]2(Cc3ccc(OC(F)(F)F)cc32)N1C(=O)C(F)(F)F. The van der Waals surface area contributed by atoms with Crippen LogP contribution in [-0.4, -0.2) is 35.4 Å². The molecule has 1 fully saturated rings. The van der Waals surface area contributed by atoms with Gasteiger partial charge in [-0.25, -0.2) is 0 Å². The highest BCUT2D eigenvalue weighted by molar-refractivity contribution is 6.35. The van der Waals surface area contributed by atoms with Crippen molar-refractivity contribution in [3.05, 3.63) is 57.6 Å². The number of benzene rings is 2. The lowest BCUT2D eigenvalue weighted by Crippen LogP contribution is -2.62. The van der Waals surface area contributed by atoms with Gasteiger partial charge in [-0.2, -0.15) is 13.2 Å². The molecule has 2 aromatic carbocycles. The summed E-state index contributed by atoms with van der Waals surface area (Å²) in [5.74, 6) is -3.97. The van der Waals surface area contributed by atoms with Crippen molar-refractivity contribution in [1.82, 2.24) is 4.90 Å². The second-order valence-corrected chi connectivity index (χ2v) is 10.5. The average molecular weight is 555 g/mol. The predicted molar refractivity (Wildman–Crippen MR) is 119 cm³/mol. The van der Waals surface area contributed by atoms with Crippen LogP contribution in [0.15, 0.2) is 36.4 Å². The van der Waals surface area contributed by atoms with Crippen molar-refractivity contribution in [3.63, 3.8) is 0 Å². The third kappa shape index (κ3) is 4.26. The maximum Gasteiger partial charge on any atom is 0.573 e. The molecule has 0 unspecified atom stereocenters. The number of carbonyl (C=O) groups is 2. The van der Waals surface area contributed by atoms with E-state index in [1.165, 1.54) is 45.0 Å². The molecule has 1 spiro atoms. The summed E-state index contributed by atoms with van der Waals surface area (Å²) in [4.78, 5) is 28.3. The van der Waals surface area contributed by atoms with E-state index in [1.54, 1.807) is 0 Å². The largest absolute Gasteiger partial charge is 0.573 e. The van der Waals surface area contributed by atoms with Gasteiger partial charge in [0, 0.05) is 27.6 Å². The highest BCUT2D eigenvalue weighted by atomic mass is 35.5. The Morgan fingerprint density at radius 1 is 1.00 bits per heavy atom. The fourth-order valence-electron chi connectivity index (χ4n) is 4.83. The van der Waals surface area contributed by atoms with Gasteiger partial charge in [-0.05, 0) is 41.5 Å². The third-order valence-electron chi connectivity index (χ3n) is 6.04. The van der Waals surface area contributed by atoms with E-state index < -0.39 is 47.2 Å². The number of nitrogens with zero attached hydrogens (tertiary/aromatic N) is 2. The molecular weight excluding hydrogens is 537 g/mol. The van der Waals surface area contributed by atoms with Crippen LogP contribution in [0.25, 0.3) is 0 Å². The maximum absolute atomic E-state index is 14.0. The summed E-state index contributed by atoms with van der Waals surface area (Å²) in [6.07, 6.45) is -12.3. The Kier molecular flexibility index (Phi) is 5.99. The molecule has 0 bridgehead atoms. The van der Waals surface area contributed by atoms with Gasteiger partial charge in [-0.3, -0.25) is 19.4 Å². The van der Waals surface area contributed by atoms with Gasteiger partial charge in [0.25, 0.3) is 5.91 Å². The highest BCUT2D eigenvalue weighted by Crippen LogP contribution is 2.56. The number of carbonyl (C=O) groups excluding carboxylic acids is 2. The number of hydrogen-bond acceptors (Lipinski definition) is 3. The summed E-state index contributed by atoms with van der Waals surface area (Å²) in [5, 5.41) is 0.171. The molecule has 2 aromatic rings. The smallest absolute Gasteiger partial charge is 0.406 e. The van der Waals surface area contributed by atoms with Gasteiger partial charge in [0.05, 0.1) is 0 Å². The molecule has 36 heavy (non-hydrogen) atoms. The normalized spacial score (nSPS) is 22.1. The zero-order valence-corrected chi connectivity index (χ0v) is 20.4. The van der Waals surface area contributed by atoms with Crippen LogP contribution in [-0.2, 0) is 21.5 Å². The average Bonchev–Trinajstić information content (AvgIpc) is 2.96. The summed E-state index contributed by atoms with van der Waals surface area (Å²) >= 11 is 12.2. The van der Waals surface area contributed by atoms with Gasteiger partial charge in [0.2, 0.25) is 0 Å². The van der Waals surface area contributed by atoms with E-state index in [4.69, 9.17) is 23.2 Å². The van der Waals surface area contributed by atoms with Crippen LogP contribution >= 0.6 is 23.2 Å². The first-order valence-corrected chi connectivity index (χ1v) is 11.2. The van der Waals surface area contributed by atoms with Crippen LogP contribution in [0, 0.1) is 5.41 Å². The lowest BCUT2D eigenvalue weighted by molar-refractivity contribution is -0.274. The number of anilines is 1. The van der Waals surface area contributed by atoms with E-state index in [0.717, 1.165) is 17.0 Å². The van der Waals surface area contributed by atoms with Crippen LogP contribution in [0.3, 0.4) is 0 Å².